The van der Waals surface area contributed by atoms with Gasteiger partial charge in [0.05, 0.1) is 11.1 Å². The van der Waals surface area contributed by atoms with Crippen LogP contribution in [-0.4, -0.2) is 31.4 Å². The van der Waals surface area contributed by atoms with Gasteiger partial charge < -0.3 is 11.1 Å². The molecule has 1 unspecified atom stereocenters. The molecule has 1 saturated carbocycles. The van der Waals surface area contributed by atoms with Gasteiger partial charge in [-0.2, -0.15) is 4.72 Å². The molecular formula is C11H15ClN4O3S. The Balaban J connectivity index is 2.09. The second-order valence-electron chi connectivity index (χ2n) is 4.66. The maximum atomic E-state index is 12.1. The Bertz CT molecular complexity index is 631. The second kappa shape index (κ2) is 5.55. The van der Waals surface area contributed by atoms with Gasteiger partial charge in [0.25, 0.3) is 0 Å². The maximum Gasteiger partial charge on any atom is 0.242 e. The van der Waals surface area contributed by atoms with Gasteiger partial charge in [-0.15, -0.1) is 0 Å². The number of halogens is 1. The molecule has 1 amide bonds. The minimum Gasteiger partial charge on any atom is -0.382 e. The van der Waals surface area contributed by atoms with E-state index in [4.69, 9.17) is 17.3 Å². The van der Waals surface area contributed by atoms with Crippen LogP contribution < -0.4 is 15.8 Å². The average molecular weight is 319 g/mol. The van der Waals surface area contributed by atoms with Gasteiger partial charge >= 0.3 is 0 Å². The zero-order valence-electron chi connectivity index (χ0n) is 10.8. The molecule has 20 heavy (non-hydrogen) atoms. The van der Waals surface area contributed by atoms with E-state index in [-0.39, 0.29) is 27.7 Å². The number of nitrogen functional groups attached to an aromatic ring is 1. The van der Waals surface area contributed by atoms with E-state index in [1.54, 1.807) is 0 Å². The Morgan fingerprint density at radius 1 is 1.55 bits per heavy atom. The number of anilines is 1. The lowest BCUT2D eigenvalue weighted by Crippen LogP contribution is -2.45. The molecule has 1 atom stereocenters. The SMILES string of the molecule is CC(NS(=O)(=O)c1cnc(N)c(Cl)c1)C(=O)NC1CC1. The number of carbonyl (C=O) groups excluding carboxylic acids is 1. The molecule has 1 aliphatic carbocycles. The molecular weight excluding hydrogens is 304 g/mol. The van der Waals surface area contributed by atoms with Crippen molar-refractivity contribution in [1.82, 2.24) is 15.0 Å². The van der Waals surface area contributed by atoms with Gasteiger partial charge in [0.2, 0.25) is 15.9 Å². The predicted octanol–water partition coefficient (Wildman–Crippen LogP) is 0.263. The Kier molecular flexibility index (Phi) is 4.17. The van der Waals surface area contributed by atoms with Crippen molar-refractivity contribution < 1.29 is 13.2 Å². The van der Waals surface area contributed by atoms with Crippen LogP contribution in [0.1, 0.15) is 19.8 Å². The third kappa shape index (κ3) is 3.59. The van der Waals surface area contributed by atoms with E-state index in [0.29, 0.717) is 0 Å². The summed E-state index contributed by atoms with van der Waals surface area (Å²) in [5.74, 6) is -0.310. The topological polar surface area (TPSA) is 114 Å². The number of nitrogens with two attached hydrogens (primary N) is 1. The summed E-state index contributed by atoms with van der Waals surface area (Å²) in [5, 5.41) is 2.77. The maximum absolute atomic E-state index is 12.1. The van der Waals surface area contributed by atoms with Crippen molar-refractivity contribution in [1.29, 1.82) is 0 Å². The first-order chi connectivity index (χ1) is 9.29. The van der Waals surface area contributed by atoms with E-state index in [1.807, 2.05) is 0 Å². The van der Waals surface area contributed by atoms with Crippen molar-refractivity contribution in [3.05, 3.63) is 17.3 Å². The van der Waals surface area contributed by atoms with Crippen molar-refractivity contribution in [2.75, 3.05) is 5.73 Å². The molecule has 0 bridgehead atoms. The number of nitrogens with zero attached hydrogens (tertiary/aromatic N) is 1. The van der Waals surface area contributed by atoms with Gasteiger partial charge in [-0.1, -0.05) is 11.6 Å². The summed E-state index contributed by atoms with van der Waals surface area (Å²) in [5.41, 5.74) is 5.42. The number of pyridine rings is 1. The van der Waals surface area contributed by atoms with E-state index < -0.39 is 16.1 Å². The van der Waals surface area contributed by atoms with Crippen LogP contribution >= 0.6 is 11.6 Å². The fourth-order valence-corrected chi connectivity index (χ4v) is 2.89. The van der Waals surface area contributed by atoms with E-state index in [0.717, 1.165) is 19.0 Å². The highest BCUT2D eigenvalue weighted by Gasteiger charge is 2.28. The summed E-state index contributed by atoms with van der Waals surface area (Å²) in [6, 6.07) is 0.483. The minimum atomic E-state index is -3.87. The normalized spacial score (nSPS) is 16.7. The molecule has 0 aromatic carbocycles. The Labute approximate surface area is 122 Å². The molecule has 7 nitrogen and oxygen atoms in total. The third-order valence-electron chi connectivity index (χ3n) is 2.80. The molecule has 1 aromatic rings. The minimum absolute atomic E-state index is 0.0444. The highest BCUT2D eigenvalue weighted by atomic mass is 35.5. The molecule has 1 heterocycles. The largest absolute Gasteiger partial charge is 0.382 e. The number of rotatable bonds is 5. The molecule has 2 rings (SSSR count). The van der Waals surface area contributed by atoms with Crippen LogP contribution in [0.4, 0.5) is 5.82 Å². The van der Waals surface area contributed by atoms with Crippen LogP contribution in [0.3, 0.4) is 0 Å². The van der Waals surface area contributed by atoms with E-state index in [9.17, 15) is 13.2 Å². The monoisotopic (exact) mass is 318 g/mol. The Hall–Kier alpha value is -1.38. The lowest BCUT2D eigenvalue weighted by molar-refractivity contribution is -0.122. The number of carbonyl (C=O) groups is 1. The van der Waals surface area contributed by atoms with Crippen LogP contribution in [0.2, 0.25) is 5.02 Å². The third-order valence-corrected chi connectivity index (χ3v) is 4.61. The summed E-state index contributed by atoms with van der Waals surface area (Å²) in [7, 11) is -3.87. The summed E-state index contributed by atoms with van der Waals surface area (Å²) in [4.78, 5) is 15.3. The molecule has 9 heteroatoms. The average Bonchev–Trinajstić information content (AvgIpc) is 3.15. The summed E-state index contributed by atoms with van der Waals surface area (Å²) >= 11 is 5.74. The lowest BCUT2D eigenvalue weighted by atomic mass is 10.3. The van der Waals surface area contributed by atoms with Gasteiger partial charge in [0.1, 0.15) is 10.7 Å². The summed E-state index contributed by atoms with van der Waals surface area (Å²) < 4.78 is 26.4. The van der Waals surface area contributed by atoms with Crippen LogP contribution in [0.25, 0.3) is 0 Å². The highest BCUT2D eigenvalue weighted by molar-refractivity contribution is 7.89. The van der Waals surface area contributed by atoms with E-state index in [1.165, 1.54) is 13.0 Å². The van der Waals surface area contributed by atoms with E-state index in [2.05, 4.69) is 15.0 Å². The van der Waals surface area contributed by atoms with Crippen molar-refractivity contribution in [2.45, 2.75) is 36.7 Å². The Morgan fingerprint density at radius 3 is 2.75 bits per heavy atom. The summed E-state index contributed by atoms with van der Waals surface area (Å²) in [6.45, 7) is 1.47. The highest BCUT2D eigenvalue weighted by Crippen LogP contribution is 2.20. The molecule has 1 fully saturated rings. The van der Waals surface area contributed by atoms with Gasteiger partial charge in [0.15, 0.2) is 0 Å². The van der Waals surface area contributed by atoms with Crippen LogP contribution in [-0.2, 0) is 14.8 Å². The fraction of sp³-hybridized carbons (Fsp3) is 0.455. The van der Waals surface area contributed by atoms with Gasteiger partial charge in [0, 0.05) is 12.2 Å². The van der Waals surface area contributed by atoms with Crippen molar-refractivity contribution >= 4 is 33.3 Å². The molecule has 1 aromatic heterocycles. The number of hydrogen-bond donors (Lipinski definition) is 3. The van der Waals surface area contributed by atoms with Crippen molar-refractivity contribution in [2.24, 2.45) is 0 Å². The molecule has 0 saturated heterocycles. The molecule has 0 spiro atoms. The zero-order valence-corrected chi connectivity index (χ0v) is 12.3. The molecule has 1 aliphatic rings. The zero-order chi connectivity index (χ0) is 14.9. The molecule has 4 N–H and O–H groups in total. The number of amides is 1. The first-order valence-electron chi connectivity index (χ1n) is 6.03. The fourth-order valence-electron chi connectivity index (χ4n) is 1.49. The van der Waals surface area contributed by atoms with Gasteiger partial charge in [-0.05, 0) is 25.8 Å². The number of nitrogens with one attached hydrogen (secondary N) is 2. The lowest BCUT2D eigenvalue weighted by Gasteiger charge is -2.14. The smallest absolute Gasteiger partial charge is 0.242 e. The van der Waals surface area contributed by atoms with Crippen LogP contribution in [0.5, 0.6) is 0 Å². The van der Waals surface area contributed by atoms with Crippen molar-refractivity contribution in [3.63, 3.8) is 0 Å². The summed E-state index contributed by atoms with van der Waals surface area (Å²) in [6.07, 6.45) is 2.96. The number of aromatic nitrogens is 1. The second-order valence-corrected chi connectivity index (χ2v) is 6.79. The molecule has 110 valence electrons. The molecule has 0 aliphatic heterocycles. The number of hydrogen-bond acceptors (Lipinski definition) is 5. The van der Waals surface area contributed by atoms with Gasteiger partial charge in [-0.25, -0.2) is 13.4 Å². The van der Waals surface area contributed by atoms with Crippen molar-refractivity contribution in [3.8, 4) is 0 Å². The van der Waals surface area contributed by atoms with Crippen LogP contribution in [0, 0.1) is 0 Å². The first-order valence-corrected chi connectivity index (χ1v) is 7.89. The van der Waals surface area contributed by atoms with Crippen LogP contribution in [0.15, 0.2) is 17.2 Å². The standard InChI is InChI=1S/C11H15ClN4O3S/c1-6(11(17)15-7-2-3-7)16-20(18,19)8-4-9(12)10(13)14-5-8/h4-7,16H,2-3H2,1H3,(H2,13,14)(H,15,17). The van der Waals surface area contributed by atoms with E-state index >= 15 is 0 Å². The molecule has 0 radical (unpaired) electrons. The van der Waals surface area contributed by atoms with Gasteiger partial charge in [-0.3, -0.25) is 4.79 Å². The number of sulfonamides is 1. The first kappa shape index (κ1) is 15.0. The predicted molar refractivity (Wildman–Crippen MR) is 74.6 cm³/mol. The quantitative estimate of drug-likeness (QED) is 0.720. The Morgan fingerprint density at radius 2 is 2.20 bits per heavy atom.